The number of rotatable bonds is 1. The number of hydrogen-bond acceptors (Lipinski definition) is 2. The quantitative estimate of drug-likeness (QED) is 0.795. The molecule has 1 heterocycles. The second kappa shape index (κ2) is 4.60. The zero-order chi connectivity index (χ0) is 11.7. The van der Waals surface area contributed by atoms with Gasteiger partial charge in [-0.3, -0.25) is 0 Å². The highest BCUT2D eigenvalue weighted by atomic mass is 35.5. The van der Waals surface area contributed by atoms with Crippen LogP contribution in [0.4, 0.5) is 4.39 Å². The van der Waals surface area contributed by atoms with Crippen molar-refractivity contribution in [3.8, 4) is 5.75 Å². The second-order valence-corrected chi connectivity index (χ2v) is 4.68. The van der Waals surface area contributed by atoms with Crippen LogP contribution >= 0.6 is 11.6 Å². The largest absolute Gasteiger partial charge is 0.505 e. The topological polar surface area (TPSA) is 32.3 Å². The first-order valence-electron chi connectivity index (χ1n) is 5.49. The molecule has 0 saturated carbocycles. The zero-order valence-corrected chi connectivity index (χ0v) is 9.94. The van der Waals surface area contributed by atoms with Crippen molar-refractivity contribution >= 4 is 11.6 Å². The average Bonchev–Trinajstić information content (AvgIpc) is 2.28. The van der Waals surface area contributed by atoms with E-state index in [-0.39, 0.29) is 11.7 Å². The molecule has 0 spiro atoms. The first-order valence-corrected chi connectivity index (χ1v) is 5.87. The van der Waals surface area contributed by atoms with Crippen LogP contribution in [0.5, 0.6) is 5.75 Å². The maximum atomic E-state index is 13.4. The number of phenolic OH excluding ortho intramolecular Hbond substituents is 1. The van der Waals surface area contributed by atoms with Gasteiger partial charge >= 0.3 is 0 Å². The van der Waals surface area contributed by atoms with Crippen LogP contribution < -0.4 is 5.32 Å². The smallest absolute Gasteiger partial charge is 0.166 e. The van der Waals surface area contributed by atoms with Gasteiger partial charge in [-0.05, 0) is 37.9 Å². The molecule has 0 bridgehead atoms. The van der Waals surface area contributed by atoms with Crippen LogP contribution in [0.15, 0.2) is 6.07 Å². The molecule has 0 aliphatic carbocycles. The second-order valence-electron chi connectivity index (χ2n) is 4.27. The molecule has 88 valence electrons. The number of nitrogens with one attached hydrogen (secondary N) is 1. The summed E-state index contributed by atoms with van der Waals surface area (Å²) < 4.78 is 13.4. The van der Waals surface area contributed by atoms with E-state index < -0.39 is 5.82 Å². The van der Waals surface area contributed by atoms with E-state index >= 15 is 0 Å². The number of aromatic hydroxyl groups is 1. The summed E-state index contributed by atoms with van der Waals surface area (Å²) >= 11 is 5.94. The Bertz CT molecular complexity index is 376. The van der Waals surface area contributed by atoms with Crippen LogP contribution in [-0.4, -0.2) is 18.2 Å². The highest BCUT2D eigenvalue weighted by molar-refractivity contribution is 6.31. The molecule has 4 heteroatoms. The molecule has 0 aromatic heterocycles. The minimum absolute atomic E-state index is 0.155. The molecule has 2 rings (SSSR count). The summed E-state index contributed by atoms with van der Waals surface area (Å²) in [6.45, 7) is 3.58. The van der Waals surface area contributed by atoms with E-state index in [9.17, 15) is 9.50 Å². The molecule has 1 aliphatic heterocycles. The van der Waals surface area contributed by atoms with Gasteiger partial charge in [0, 0.05) is 23.0 Å². The monoisotopic (exact) mass is 243 g/mol. The van der Waals surface area contributed by atoms with E-state index in [1.54, 1.807) is 0 Å². The third-order valence-electron chi connectivity index (χ3n) is 3.20. The summed E-state index contributed by atoms with van der Waals surface area (Å²) in [7, 11) is 0. The van der Waals surface area contributed by atoms with E-state index in [2.05, 4.69) is 5.32 Å². The minimum atomic E-state index is -0.629. The van der Waals surface area contributed by atoms with E-state index in [1.165, 1.54) is 6.07 Å². The zero-order valence-electron chi connectivity index (χ0n) is 9.19. The van der Waals surface area contributed by atoms with Crippen LogP contribution in [0.3, 0.4) is 0 Å². The van der Waals surface area contributed by atoms with Gasteiger partial charge in [0.1, 0.15) is 0 Å². The molecule has 2 N–H and O–H groups in total. The Morgan fingerprint density at radius 1 is 1.56 bits per heavy atom. The predicted molar refractivity (Wildman–Crippen MR) is 62.7 cm³/mol. The van der Waals surface area contributed by atoms with Crippen LogP contribution in [0.25, 0.3) is 0 Å². The molecule has 0 radical (unpaired) electrons. The van der Waals surface area contributed by atoms with E-state index in [1.807, 2.05) is 6.92 Å². The van der Waals surface area contributed by atoms with Gasteiger partial charge in [-0.2, -0.15) is 0 Å². The maximum absolute atomic E-state index is 13.4. The first kappa shape index (κ1) is 11.7. The third kappa shape index (κ3) is 2.02. The fraction of sp³-hybridized carbons (Fsp3) is 0.500. The SMILES string of the molecule is Cc1c(Cl)cc(F)c(O)c1C1CCCNC1. The molecule has 1 aromatic rings. The van der Waals surface area contributed by atoms with E-state index in [4.69, 9.17) is 11.6 Å². The summed E-state index contributed by atoms with van der Waals surface area (Å²) in [6, 6.07) is 1.17. The molecule has 16 heavy (non-hydrogen) atoms. The molecule has 1 fully saturated rings. The first-order chi connectivity index (χ1) is 7.61. The van der Waals surface area contributed by atoms with Gasteiger partial charge in [-0.1, -0.05) is 11.6 Å². The summed E-state index contributed by atoms with van der Waals surface area (Å²) in [4.78, 5) is 0. The van der Waals surface area contributed by atoms with Crippen molar-refractivity contribution in [3.05, 3.63) is 28.0 Å². The normalized spacial score (nSPS) is 21.1. The Morgan fingerprint density at radius 3 is 2.94 bits per heavy atom. The fourth-order valence-electron chi connectivity index (χ4n) is 2.32. The Hall–Kier alpha value is -0.800. The van der Waals surface area contributed by atoms with Gasteiger partial charge in [0.25, 0.3) is 0 Å². The number of phenols is 1. The number of hydrogen-bond donors (Lipinski definition) is 2. The van der Waals surface area contributed by atoms with Gasteiger partial charge in [0.2, 0.25) is 0 Å². The Balaban J connectivity index is 2.45. The van der Waals surface area contributed by atoms with Crippen LogP contribution in [0.1, 0.15) is 29.9 Å². The lowest BCUT2D eigenvalue weighted by atomic mass is 9.88. The Kier molecular flexibility index (Phi) is 3.36. The van der Waals surface area contributed by atoms with Gasteiger partial charge in [0.15, 0.2) is 11.6 Å². The lowest BCUT2D eigenvalue weighted by Crippen LogP contribution is -2.28. The average molecular weight is 244 g/mol. The standard InChI is InChI=1S/C12H15ClFNO/c1-7-9(13)5-10(14)12(16)11(7)8-3-2-4-15-6-8/h5,8,15-16H,2-4,6H2,1H3. The van der Waals surface area contributed by atoms with Crippen LogP contribution in [-0.2, 0) is 0 Å². The summed E-state index contributed by atoms with van der Waals surface area (Å²) in [5, 5.41) is 13.4. The molecule has 1 atom stereocenters. The Labute approximate surface area is 99.4 Å². The Morgan fingerprint density at radius 2 is 2.31 bits per heavy atom. The lowest BCUT2D eigenvalue weighted by molar-refractivity contribution is 0.400. The molecular weight excluding hydrogens is 229 g/mol. The molecule has 2 nitrogen and oxygen atoms in total. The molecule has 1 aromatic carbocycles. The maximum Gasteiger partial charge on any atom is 0.166 e. The molecular formula is C12H15ClFNO. The van der Waals surface area contributed by atoms with Gasteiger partial charge in [-0.15, -0.1) is 0 Å². The third-order valence-corrected chi connectivity index (χ3v) is 3.59. The lowest BCUT2D eigenvalue weighted by Gasteiger charge is -2.25. The van der Waals surface area contributed by atoms with Crippen molar-refractivity contribution < 1.29 is 9.50 Å². The molecule has 1 aliphatic rings. The molecule has 0 amide bonds. The van der Waals surface area contributed by atoms with Gasteiger partial charge < -0.3 is 10.4 Å². The van der Waals surface area contributed by atoms with Gasteiger partial charge in [-0.25, -0.2) is 4.39 Å². The van der Waals surface area contributed by atoms with Crippen molar-refractivity contribution in [1.29, 1.82) is 0 Å². The minimum Gasteiger partial charge on any atom is -0.505 e. The number of halogens is 2. The predicted octanol–water partition coefficient (Wildman–Crippen LogP) is 2.96. The van der Waals surface area contributed by atoms with Gasteiger partial charge in [0.05, 0.1) is 0 Å². The number of piperidine rings is 1. The summed E-state index contributed by atoms with van der Waals surface area (Å²) in [5.74, 6) is -0.714. The highest BCUT2D eigenvalue weighted by Crippen LogP contribution is 2.38. The summed E-state index contributed by atoms with van der Waals surface area (Å²) in [5.41, 5.74) is 1.45. The molecule has 1 saturated heterocycles. The van der Waals surface area contributed by atoms with Crippen molar-refractivity contribution in [2.24, 2.45) is 0 Å². The van der Waals surface area contributed by atoms with E-state index in [0.29, 0.717) is 10.6 Å². The van der Waals surface area contributed by atoms with Crippen molar-refractivity contribution in [3.63, 3.8) is 0 Å². The van der Waals surface area contributed by atoms with Crippen LogP contribution in [0, 0.1) is 12.7 Å². The number of benzene rings is 1. The summed E-state index contributed by atoms with van der Waals surface area (Å²) in [6.07, 6.45) is 2.00. The molecule has 1 unspecified atom stereocenters. The van der Waals surface area contributed by atoms with Crippen molar-refractivity contribution in [1.82, 2.24) is 5.32 Å². The fourth-order valence-corrected chi connectivity index (χ4v) is 2.52. The highest BCUT2D eigenvalue weighted by Gasteiger charge is 2.23. The van der Waals surface area contributed by atoms with Crippen LogP contribution in [0.2, 0.25) is 5.02 Å². The van der Waals surface area contributed by atoms with Crippen molar-refractivity contribution in [2.75, 3.05) is 13.1 Å². The van der Waals surface area contributed by atoms with E-state index in [0.717, 1.165) is 31.5 Å². The van der Waals surface area contributed by atoms with Crippen molar-refractivity contribution in [2.45, 2.75) is 25.7 Å².